The fourth-order valence-electron chi connectivity index (χ4n) is 3.90. The molecule has 11 heteroatoms. The first-order valence-corrected chi connectivity index (χ1v) is 9.74. The zero-order valence-corrected chi connectivity index (χ0v) is 16.5. The van der Waals surface area contributed by atoms with Crippen molar-refractivity contribution in [3.8, 4) is 5.88 Å². The topological polar surface area (TPSA) is 102 Å². The van der Waals surface area contributed by atoms with E-state index in [0.29, 0.717) is 30.3 Å². The SMILES string of the molecule is CCOc1cccc2cc([C@H]3c4nc[nH]c4CCN3C(=O)c3ocnc3C(F)F)nn12. The lowest BCUT2D eigenvalue weighted by Crippen LogP contribution is -2.41. The summed E-state index contributed by atoms with van der Waals surface area (Å²) in [6.45, 7) is 2.61. The maximum absolute atomic E-state index is 13.3. The van der Waals surface area contributed by atoms with Crippen molar-refractivity contribution in [2.75, 3.05) is 13.2 Å². The van der Waals surface area contributed by atoms with Crippen LogP contribution in [0.2, 0.25) is 0 Å². The highest BCUT2D eigenvalue weighted by Gasteiger charge is 2.39. The largest absolute Gasteiger partial charge is 0.478 e. The lowest BCUT2D eigenvalue weighted by molar-refractivity contribution is 0.0639. The van der Waals surface area contributed by atoms with Gasteiger partial charge in [-0.2, -0.15) is 5.10 Å². The van der Waals surface area contributed by atoms with Crippen molar-refractivity contribution in [2.45, 2.75) is 25.8 Å². The number of alkyl halides is 2. The van der Waals surface area contributed by atoms with Gasteiger partial charge in [0.2, 0.25) is 11.6 Å². The molecule has 4 aromatic heterocycles. The van der Waals surface area contributed by atoms with Gasteiger partial charge in [0.05, 0.1) is 29.8 Å². The Hall–Kier alpha value is -3.76. The maximum Gasteiger partial charge on any atom is 0.292 e. The Bertz CT molecular complexity index is 1250. The highest BCUT2D eigenvalue weighted by Crippen LogP contribution is 2.35. The van der Waals surface area contributed by atoms with Crippen LogP contribution in [0.15, 0.2) is 41.4 Å². The molecule has 4 aromatic rings. The first kappa shape index (κ1) is 19.2. The second kappa shape index (κ2) is 7.49. The summed E-state index contributed by atoms with van der Waals surface area (Å²) in [4.78, 5) is 25.7. The van der Waals surface area contributed by atoms with E-state index in [1.807, 2.05) is 25.1 Å². The van der Waals surface area contributed by atoms with Gasteiger partial charge in [-0.15, -0.1) is 0 Å². The van der Waals surface area contributed by atoms with Crippen LogP contribution in [0.4, 0.5) is 8.78 Å². The number of pyridine rings is 1. The molecule has 1 atom stereocenters. The molecule has 31 heavy (non-hydrogen) atoms. The van der Waals surface area contributed by atoms with Gasteiger partial charge in [-0.1, -0.05) is 6.07 Å². The van der Waals surface area contributed by atoms with Crippen molar-refractivity contribution in [2.24, 2.45) is 0 Å². The Balaban J connectivity index is 1.62. The van der Waals surface area contributed by atoms with Gasteiger partial charge < -0.3 is 19.0 Å². The molecule has 0 aromatic carbocycles. The number of aromatic amines is 1. The second-order valence-electron chi connectivity index (χ2n) is 6.99. The molecule has 0 radical (unpaired) electrons. The number of carbonyl (C=O) groups excluding carboxylic acids is 1. The zero-order valence-electron chi connectivity index (χ0n) is 16.5. The molecule has 160 valence electrons. The van der Waals surface area contributed by atoms with Gasteiger partial charge in [-0.25, -0.2) is 23.3 Å². The number of hydrogen-bond acceptors (Lipinski definition) is 6. The fourth-order valence-corrected chi connectivity index (χ4v) is 3.90. The molecule has 0 unspecified atom stereocenters. The first-order valence-electron chi connectivity index (χ1n) is 9.74. The average molecular weight is 428 g/mol. The molecule has 5 rings (SSSR count). The van der Waals surface area contributed by atoms with E-state index in [2.05, 4.69) is 20.1 Å². The summed E-state index contributed by atoms with van der Waals surface area (Å²) in [7, 11) is 0. The molecular formula is C20H18F2N6O3. The smallest absolute Gasteiger partial charge is 0.292 e. The lowest BCUT2D eigenvalue weighted by Gasteiger charge is -2.33. The van der Waals surface area contributed by atoms with Gasteiger partial charge in [0.25, 0.3) is 12.3 Å². The van der Waals surface area contributed by atoms with Crippen molar-refractivity contribution in [1.29, 1.82) is 0 Å². The van der Waals surface area contributed by atoms with E-state index in [1.54, 1.807) is 16.9 Å². The van der Waals surface area contributed by atoms with Gasteiger partial charge in [-0.05, 0) is 19.1 Å². The van der Waals surface area contributed by atoms with Crippen LogP contribution in [-0.4, -0.2) is 48.5 Å². The Morgan fingerprint density at radius 1 is 1.39 bits per heavy atom. The molecule has 1 N–H and O–H groups in total. The molecule has 1 aliphatic heterocycles. The highest BCUT2D eigenvalue weighted by molar-refractivity contribution is 5.93. The molecule has 1 aliphatic rings. The number of rotatable bonds is 5. The summed E-state index contributed by atoms with van der Waals surface area (Å²) >= 11 is 0. The number of amides is 1. The van der Waals surface area contributed by atoms with Crippen LogP contribution >= 0.6 is 0 Å². The van der Waals surface area contributed by atoms with Crippen LogP contribution in [0.25, 0.3) is 5.52 Å². The number of carbonyl (C=O) groups is 1. The number of nitrogens with zero attached hydrogens (tertiary/aromatic N) is 5. The van der Waals surface area contributed by atoms with Gasteiger partial charge >= 0.3 is 0 Å². The van der Waals surface area contributed by atoms with Gasteiger partial charge in [0.1, 0.15) is 6.04 Å². The van der Waals surface area contributed by atoms with E-state index in [-0.39, 0.29) is 6.54 Å². The molecule has 0 aliphatic carbocycles. The number of fused-ring (bicyclic) bond motifs is 2. The van der Waals surface area contributed by atoms with E-state index in [4.69, 9.17) is 9.15 Å². The molecule has 0 spiro atoms. The minimum absolute atomic E-state index is 0.272. The number of H-pyrrole nitrogens is 1. The van der Waals surface area contributed by atoms with E-state index in [0.717, 1.165) is 17.6 Å². The summed E-state index contributed by atoms with van der Waals surface area (Å²) in [5.74, 6) is -0.608. The summed E-state index contributed by atoms with van der Waals surface area (Å²) in [6.07, 6.45) is -0.0300. The minimum Gasteiger partial charge on any atom is -0.478 e. The monoisotopic (exact) mass is 428 g/mol. The van der Waals surface area contributed by atoms with Gasteiger partial charge in [0.15, 0.2) is 12.1 Å². The molecular weight excluding hydrogens is 410 g/mol. The number of oxazole rings is 1. The quantitative estimate of drug-likeness (QED) is 0.524. The van der Waals surface area contributed by atoms with Gasteiger partial charge in [-0.3, -0.25) is 4.79 Å². The third kappa shape index (κ3) is 3.13. The van der Waals surface area contributed by atoms with Crippen LogP contribution in [0, 0.1) is 0 Å². The lowest BCUT2D eigenvalue weighted by atomic mass is 9.99. The number of halogens is 2. The molecule has 0 fully saturated rings. The number of hydrogen-bond donors (Lipinski definition) is 1. The van der Waals surface area contributed by atoms with E-state index in [1.165, 1.54) is 4.90 Å². The molecule has 0 bridgehead atoms. The number of aromatic nitrogens is 5. The van der Waals surface area contributed by atoms with Crippen LogP contribution in [0.1, 0.15) is 52.7 Å². The molecule has 0 saturated heterocycles. The number of ether oxygens (including phenoxy) is 1. The summed E-state index contributed by atoms with van der Waals surface area (Å²) in [5.41, 5.74) is 2.10. The van der Waals surface area contributed by atoms with Crippen LogP contribution < -0.4 is 4.74 Å². The zero-order chi connectivity index (χ0) is 21.5. The molecule has 5 heterocycles. The summed E-state index contributed by atoms with van der Waals surface area (Å²) < 4.78 is 39.0. The predicted molar refractivity (Wildman–Crippen MR) is 103 cm³/mol. The van der Waals surface area contributed by atoms with Crippen molar-refractivity contribution < 1.29 is 22.7 Å². The second-order valence-corrected chi connectivity index (χ2v) is 6.99. The van der Waals surface area contributed by atoms with Crippen LogP contribution in [0.3, 0.4) is 0 Å². The number of imidazole rings is 1. The standard InChI is InChI=1S/C20H18F2N6O3/c1-2-30-14-5-3-4-11-8-13(26-28(11)14)17-15-12(23-9-24-15)6-7-27(17)20(29)18-16(19(21)22)25-10-31-18/h3-5,8-10,17,19H,2,6-7H2,1H3,(H,23,24)/t17-/m0/s1. The summed E-state index contributed by atoms with van der Waals surface area (Å²) in [5, 5.41) is 4.65. The van der Waals surface area contributed by atoms with E-state index in [9.17, 15) is 13.6 Å². The minimum atomic E-state index is -2.93. The van der Waals surface area contributed by atoms with Gasteiger partial charge in [0, 0.05) is 24.7 Å². The van der Waals surface area contributed by atoms with Crippen molar-refractivity contribution >= 4 is 11.4 Å². The molecule has 0 saturated carbocycles. The number of nitrogens with one attached hydrogen (secondary N) is 1. The third-order valence-electron chi connectivity index (χ3n) is 5.22. The highest BCUT2D eigenvalue weighted by atomic mass is 19.3. The fraction of sp³-hybridized carbons (Fsp3) is 0.300. The van der Waals surface area contributed by atoms with E-state index >= 15 is 0 Å². The first-order chi connectivity index (χ1) is 15.1. The van der Waals surface area contributed by atoms with E-state index < -0.39 is 29.8 Å². The Kier molecular flexibility index (Phi) is 4.64. The Labute approximate surface area is 174 Å². The maximum atomic E-state index is 13.3. The predicted octanol–water partition coefficient (Wildman–Crippen LogP) is 3.17. The molecule has 1 amide bonds. The van der Waals surface area contributed by atoms with Crippen molar-refractivity contribution in [3.05, 3.63) is 65.5 Å². The Morgan fingerprint density at radius 2 is 2.26 bits per heavy atom. The van der Waals surface area contributed by atoms with Crippen molar-refractivity contribution in [1.82, 2.24) is 29.5 Å². The normalized spacial score (nSPS) is 16.1. The van der Waals surface area contributed by atoms with Crippen LogP contribution in [-0.2, 0) is 6.42 Å². The Morgan fingerprint density at radius 3 is 3.06 bits per heavy atom. The average Bonchev–Trinajstić information content (AvgIpc) is 3.51. The summed E-state index contributed by atoms with van der Waals surface area (Å²) in [6, 6.07) is 6.64. The van der Waals surface area contributed by atoms with Crippen LogP contribution in [0.5, 0.6) is 5.88 Å². The third-order valence-corrected chi connectivity index (χ3v) is 5.22. The van der Waals surface area contributed by atoms with Crippen molar-refractivity contribution in [3.63, 3.8) is 0 Å². The molecule has 9 nitrogen and oxygen atoms in total.